The van der Waals surface area contributed by atoms with Crippen LogP contribution in [-0.4, -0.2) is 44.2 Å². The van der Waals surface area contributed by atoms with Gasteiger partial charge in [0.15, 0.2) is 18.1 Å². The molecule has 2 heterocycles. The molecule has 0 saturated carbocycles. The molecule has 4 rings (SSSR count). The fourth-order valence-corrected chi connectivity index (χ4v) is 4.22. The van der Waals surface area contributed by atoms with Gasteiger partial charge in [-0.1, -0.05) is 13.8 Å². The highest BCUT2D eigenvalue weighted by atomic mass is 32.1. The molecule has 2 aromatic carbocycles. The Morgan fingerprint density at radius 2 is 2.09 bits per heavy atom. The first-order valence-corrected chi connectivity index (χ1v) is 11.9. The molecule has 0 radical (unpaired) electrons. The first-order valence-electron chi connectivity index (χ1n) is 11.0. The molecule has 1 aromatic heterocycles. The molecule has 0 aliphatic carbocycles. The molecule has 34 heavy (non-hydrogen) atoms. The van der Waals surface area contributed by atoms with Crippen molar-refractivity contribution in [3.8, 4) is 28.5 Å². The maximum absolute atomic E-state index is 11.7. The van der Waals surface area contributed by atoms with Crippen LogP contribution in [-0.2, 0) is 4.79 Å². The summed E-state index contributed by atoms with van der Waals surface area (Å²) < 4.78 is 18.7. The second-order valence-corrected chi connectivity index (χ2v) is 9.01. The van der Waals surface area contributed by atoms with Crippen LogP contribution in [0.4, 0.5) is 5.69 Å². The molecule has 1 amide bonds. The summed E-state index contributed by atoms with van der Waals surface area (Å²) >= 11 is 1.48. The molecule has 0 unspecified atom stereocenters. The lowest BCUT2D eigenvalue weighted by molar-refractivity contribution is -0.118. The SMILES string of the molecule is CN=c1scc(-c2ccc3c(c2)NC(=O)CO3)n1N=Cc1ccc(OCCC(C)C)c(OC)c1. The topological polar surface area (TPSA) is 86.4 Å². The van der Waals surface area contributed by atoms with E-state index in [0.29, 0.717) is 35.5 Å². The number of nitrogens with zero attached hydrogens (tertiary/aromatic N) is 3. The molecule has 3 aromatic rings. The molecule has 1 aliphatic heterocycles. The van der Waals surface area contributed by atoms with Crippen LogP contribution in [0.2, 0.25) is 0 Å². The van der Waals surface area contributed by atoms with Gasteiger partial charge in [-0.2, -0.15) is 5.10 Å². The molecular formula is C25H28N4O4S. The third-order valence-electron chi connectivity index (χ3n) is 5.25. The summed E-state index contributed by atoms with van der Waals surface area (Å²) in [4.78, 5) is 16.8. The number of rotatable bonds is 8. The van der Waals surface area contributed by atoms with Gasteiger partial charge in [0.2, 0.25) is 4.80 Å². The van der Waals surface area contributed by atoms with E-state index in [1.807, 2.05) is 41.8 Å². The minimum absolute atomic E-state index is 0.0268. The number of methoxy groups -OCH3 is 1. The van der Waals surface area contributed by atoms with Crippen LogP contribution in [0.3, 0.4) is 0 Å². The van der Waals surface area contributed by atoms with Gasteiger partial charge in [0, 0.05) is 18.0 Å². The van der Waals surface area contributed by atoms with Crippen LogP contribution in [0.25, 0.3) is 11.3 Å². The Morgan fingerprint density at radius 1 is 1.24 bits per heavy atom. The van der Waals surface area contributed by atoms with Crippen LogP contribution in [0.5, 0.6) is 17.2 Å². The first kappa shape index (κ1) is 23.6. The van der Waals surface area contributed by atoms with E-state index in [0.717, 1.165) is 28.0 Å². The molecule has 178 valence electrons. The molecule has 0 bridgehead atoms. The fraction of sp³-hybridized carbons (Fsp3) is 0.320. The Kier molecular flexibility index (Phi) is 7.32. The monoisotopic (exact) mass is 480 g/mol. The Morgan fingerprint density at radius 3 is 2.85 bits per heavy atom. The maximum atomic E-state index is 11.7. The normalized spacial score (nSPS) is 13.7. The Balaban J connectivity index is 1.61. The van der Waals surface area contributed by atoms with Crippen LogP contribution in [0.1, 0.15) is 25.8 Å². The van der Waals surface area contributed by atoms with Gasteiger partial charge in [-0.25, -0.2) is 4.68 Å². The third kappa shape index (κ3) is 5.31. The van der Waals surface area contributed by atoms with Crippen molar-refractivity contribution < 1.29 is 19.0 Å². The quantitative estimate of drug-likeness (QED) is 0.485. The van der Waals surface area contributed by atoms with E-state index in [9.17, 15) is 4.79 Å². The zero-order valence-corrected chi connectivity index (χ0v) is 20.5. The van der Waals surface area contributed by atoms with Crippen molar-refractivity contribution in [3.63, 3.8) is 0 Å². The van der Waals surface area contributed by atoms with Crippen molar-refractivity contribution in [3.05, 3.63) is 52.1 Å². The zero-order valence-electron chi connectivity index (χ0n) is 19.7. The summed E-state index contributed by atoms with van der Waals surface area (Å²) in [5.41, 5.74) is 3.25. The Bertz CT molecular complexity index is 1280. The maximum Gasteiger partial charge on any atom is 0.262 e. The lowest BCUT2D eigenvalue weighted by atomic mass is 10.1. The minimum atomic E-state index is -0.171. The number of nitrogens with one attached hydrogen (secondary N) is 1. The average Bonchev–Trinajstić information content (AvgIpc) is 3.25. The number of carbonyl (C=O) groups is 1. The summed E-state index contributed by atoms with van der Waals surface area (Å²) in [6, 6.07) is 11.4. The number of ether oxygens (including phenoxy) is 3. The highest BCUT2D eigenvalue weighted by Crippen LogP contribution is 2.33. The van der Waals surface area contributed by atoms with E-state index >= 15 is 0 Å². The van der Waals surface area contributed by atoms with Gasteiger partial charge in [-0.3, -0.25) is 9.79 Å². The standard InChI is InChI=1S/C25H28N4O4S/c1-16(2)9-10-32-22-7-5-17(11-23(22)31-4)13-27-29-20(15-34-25(29)26-3)18-6-8-21-19(12-18)28-24(30)14-33-21/h5-8,11-13,15-16H,9-10,14H2,1-4H3,(H,28,30). The predicted molar refractivity (Wildman–Crippen MR) is 134 cm³/mol. The number of benzene rings is 2. The zero-order chi connectivity index (χ0) is 24.1. The van der Waals surface area contributed by atoms with Gasteiger partial charge in [-0.05, 0) is 54.3 Å². The fourth-order valence-electron chi connectivity index (χ4n) is 3.42. The third-order valence-corrected chi connectivity index (χ3v) is 6.15. The van der Waals surface area contributed by atoms with Gasteiger partial charge < -0.3 is 19.5 Å². The summed E-state index contributed by atoms with van der Waals surface area (Å²) in [5.74, 6) is 2.43. The van der Waals surface area contributed by atoms with E-state index in [1.54, 1.807) is 25.0 Å². The molecular weight excluding hydrogens is 452 g/mol. The number of aromatic nitrogens is 1. The van der Waals surface area contributed by atoms with Crippen molar-refractivity contribution in [1.82, 2.24) is 4.68 Å². The average molecular weight is 481 g/mol. The number of fused-ring (bicyclic) bond motifs is 1. The summed E-state index contributed by atoms with van der Waals surface area (Å²) in [6.07, 6.45) is 2.74. The Hall–Kier alpha value is -3.59. The number of hydrogen-bond acceptors (Lipinski definition) is 7. The van der Waals surface area contributed by atoms with Gasteiger partial charge in [-0.15, -0.1) is 11.3 Å². The first-order chi connectivity index (χ1) is 16.5. The molecule has 1 aliphatic rings. The predicted octanol–water partition coefficient (Wildman–Crippen LogP) is 4.39. The highest BCUT2D eigenvalue weighted by Gasteiger charge is 2.17. The van der Waals surface area contributed by atoms with Crippen LogP contribution >= 0.6 is 11.3 Å². The second-order valence-electron chi connectivity index (χ2n) is 8.17. The summed E-state index contributed by atoms with van der Waals surface area (Å²) in [5, 5.41) is 9.53. The van der Waals surface area contributed by atoms with Gasteiger partial charge >= 0.3 is 0 Å². The summed E-state index contributed by atoms with van der Waals surface area (Å²) in [7, 11) is 3.36. The van der Waals surface area contributed by atoms with Gasteiger partial charge in [0.05, 0.1) is 31.3 Å². The lowest BCUT2D eigenvalue weighted by Crippen LogP contribution is -2.25. The molecule has 8 nitrogen and oxygen atoms in total. The number of amides is 1. The smallest absolute Gasteiger partial charge is 0.262 e. The van der Waals surface area contributed by atoms with E-state index in [1.165, 1.54) is 11.3 Å². The van der Waals surface area contributed by atoms with Crippen molar-refractivity contribution in [2.24, 2.45) is 16.0 Å². The molecule has 0 spiro atoms. The summed E-state index contributed by atoms with van der Waals surface area (Å²) in [6.45, 7) is 5.00. The van der Waals surface area contributed by atoms with Crippen molar-refractivity contribution in [2.45, 2.75) is 20.3 Å². The van der Waals surface area contributed by atoms with Crippen LogP contribution < -0.4 is 24.3 Å². The minimum Gasteiger partial charge on any atom is -0.493 e. The number of thiazole rings is 1. The highest BCUT2D eigenvalue weighted by molar-refractivity contribution is 7.07. The number of anilines is 1. The Labute approximate surface area is 202 Å². The number of hydrogen-bond donors (Lipinski definition) is 1. The van der Waals surface area contributed by atoms with Crippen LogP contribution in [0.15, 0.2) is 51.9 Å². The van der Waals surface area contributed by atoms with Gasteiger partial charge in [0.1, 0.15) is 5.75 Å². The number of carbonyl (C=O) groups excluding carboxylic acids is 1. The van der Waals surface area contributed by atoms with E-state index in [2.05, 4.69) is 24.2 Å². The van der Waals surface area contributed by atoms with E-state index in [-0.39, 0.29) is 12.5 Å². The molecule has 0 atom stereocenters. The molecule has 0 fully saturated rings. The van der Waals surface area contributed by atoms with Crippen molar-refractivity contribution >= 4 is 29.1 Å². The van der Waals surface area contributed by atoms with E-state index < -0.39 is 0 Å². The lowest BCUT2D eigenvalue weighted by Gasteiger charge is -2.18. The molecule has 1 N–H and O–H groups in total. The van der Waals surface area contributed by atoms with Crippen molar-refractivity contribution in [1.29, 1.82) is 0 Å². The van der Waals surface area contributed by atoms with E-state index in [4.69, 9.17) is 19.3 Å². The molecule has 9 heteroatoms. The largest absolute Gasteiger partial charge is 0.493 e. The van der Waals surface area contributed by atoms with Gasteiger partial charge in [0.25, 0.3) is 5.91 Å². The van der Waals surface area contributed by atoms with Crippen molar-refractivity contribution in [2.75, 3.05) is 32.7 Å². The van der Waals surface area contributed by atoms with Crippen LogP contribution in [0, 0.1) is 5.92 Å². The molecule has 0 saturated heterocycles. The second kappa shape index (κ2) is 10.6.